The SMILES string of the molecule is NC(=O)C[C@@]1(COc2ccc(F)cc2)CN(C(=O)c2cscn2)CCO1. The second-order valence-electron chi connectivity index (χ2n) is 6.02. The summed E-state index contributed by atoms with van der Waals surface area (Å²) >= 11 is 1.33. The number of aromatic nitrogens is 1. The summed E-state index contributed by atoms with van der Waals surface area (Å²) in [6.07, 6.45) is -0.102. The van der Waals surface area contributed by atoms with Crippen LogP contribution in [0.2, 0.25) is 0 Å². The third-order valence-corrected chi connectivity index (χ3v) is 4.59. The summed E-state index contributed by atoms with van der Waals surface area (Å²) in [5.41, 5.74) is 6.25. The first-order valence-corrected chi connectivity index (χ1v) is 8.90. The zero-order chi connectivity index (χ0) is 18.6. The summed E-state index contributed by atoms with van der Waals surface area (Å²) in [4.78, 5) is 29.7. The molecule has 2 N–H and O–H groups in total. The summed E-state index contributed by atoms with van der Waals surface area (Å²) in [5, 5.41) is 1.67. The first kappa shape index (κ1) is 18.3. The summed E-state index contributed by atoms with van der Waals surface area (Å²) in [7, 11) is 0. The largest absolute Gasteiger partial charge is 0.490 e. The van der Waals surface area contributed by atoms with Crippen molar-refractivity contribution < 1.29 is 23.5 Å². The molecule has 0 unspecified atom stereocenters. The number of nitrogens with two attached hydrogens (primary N) is 1. The molecule has 1 aromatic heterocycles. The molecule has 7 nitrogen and oxygen atoms in total. The van der Waals surface area contributed by atoms with Crippen molar-refractivity contribution in [3.63, 3.8) is 0 Å². The van der Waals surface area contributed by atoms with Crippen molar-refractivity contribution in [2.45, 2.75) is 12.0 Å². The lowest BCUT2D eigenvalue weighted by molar-refractivity contribution is -0.142. The smallest absolute Gasteiger partial charge is 0.273 e. The van der Waals surface area contributed by atoms with Gasteiger partial charge in [-0.25, -0.2) is 9.37 Å². The van der Waals surface area contributed by atoms with E-state index in [0.29, 0.717) is 18.0 Å². The van der Waals surface area contributed by atoms with Gasteiger partial charge >= 0.3 is 0 Å². The number of hydrogen-bond donors (Lipinski definition) is 1. The highest BCUT2D eigenvalue weighted by atomic mass is 32.1. The maximum Gasteiger partial charge on any atom is 0.273 e. The Kier molecular flexibility index (Phi) is 5.48. The van der Waals surface area contributed by atoms with E-state index in [2.05, 4.69) is 4.98 Å². The molecule has 1 aliphatic heterocycles. The molecule has 2 heterocycles. The average molecular weight is 379 g/mol. The summed E-state index contributed by atoms with van der Waals surface area (Å²) in [6, 6.07) is 5.51. The lowest BCUT2D eigenvalue weighted by atomic mass is 9.97. The van der Waals surface area contributed by atoms with E-state index in [4.69, 9.17) is 15.2 Å². The van der Waals surface area contributed by atoms with Crippen LogP contribution in [0.25, 0.3) is 0 Å². The molecule has 0 bridgehead atoms. The lowest BCUT2D eigenvalue weighted by Crippen LogP contribution is -2.58. The van der Waals surface area contributed by atoms with E-state index in [1.54, 1.807) is 15.8 Å². The van der Waals surface area contributed by atoms with Crippen LogP contribution in [0.15, 0.2) is 35.2 Å². The van der Waals surface area contributed by atoms with E-state index in [0.717, 1.165) is 0 Å². The predicted molar refractivity (Wildman–Crippen MR) is 92.4 cm³/mol. The molecule has 1 fully saturated rings. The van der Waals surface area contributed by atoms with Gasteiger partial charge < -0.3 is 20.1 Å². The molecule has 1 aliphatic rings. The van der Waals surface area contributed by atoms with Crippen LogP contribution < -0.4 is 10.5 Å². The van der Waals surface area contributed by atoms with Gasteiger partial charge in [-0.05, 0) is 24.3 Å². The molecule has 138 valence electrons. The van der Waals surface area contributed by atoms with Crippen LogP contribution in [0.4, 0.5) is 4.39 Å². The fourth-order valence-electron chi connectivity index (χ4n) is 2.81. The number of morpholine rings is 1. The van der Waals surface area contributed by atoms with E-state index >= 15 is 0 Å². The van der Waals surface area contributed by atoms with Crippen molar-refractivity contribution in [1.82, 2.24) is 9.88 Å². The second kappa shape index (κ2) is 7.79. The Balaban J connectivity index is 1.74. The first-order chi connectivity index (χ1) is 12.5. The van der Waals surface area contributed by atoms with Gasteiger partial charge in [0.25, 0.3) is 5.91 Å². The Labute approximate surface area is 153 Å². The van der Waals surface area contributed by atoms with Crippen molar-refractivity contribution in [1.29, 1.82) is 0 Å². The van der Waals surface area contributed by atoms with E-state index in [-0.39, 0.29) is 37.9 Å². The Bertz CT molecular complexity index is 769. The molecule has 0 aliphatic carbocycles. The number of nitrogens with zero attached hydrogens (tertiary/aromatic N) is 2. The van der Waals surface area contributed by atoms with Gasteiger partial charge in [0.2, 0.25) is 5.91 Å². The molecule has 0 spiro atoms. The van der Waals surface area contributed by atoms with Crippen molar-refractivity contribution in [2.75, 3.05) is 26.3 Å². The van der Waals surface area contributed by atoms with Gasteiger partial charge in [0, 0.05) is 11.9 Å². The molecule has 9 heteroatoms. The molecular weight excluding hydrogens is 361 g/mol. The van der Waals surface area contributed by atoms with Crippen LogP contribution in [0.5, 0.6) is 5.75 Å². The average Bonchev–Trinajstić information content (AvgIpc) is 3.15. The number of carbonyl (C=O) groups is 2. The van der Waals surface area contributed by atoms with Crippen LogP contribution in [-0.4, -0.2) is 53.6 Å². The minimum Gasteiger partial charge on any atom is -0.490 e. The predicted octanol–water partition coefficient (Wildman–Crippen LogP) is 1.45. The Morgan fingerprint density at radius 1 is 1.38 bits per heavy atom. The highest BCUT2D eigenvalue weighted by Crippen LogP contribution is 2.25. The van der Waals surface area contributed by atoms with Gasteiger partial charge in [0.15, 0.2) is 0 Å². The van der Waals surface area contributed by atoms with Gasteiger partial charge in [-0.2, -0.15) is 0 Å². The zero-order valence-corrected chi connectivity index (χ0v) is 14.7. The number of ether oxygens (including phenoxy) is 2. The Morgan fingerprint density at radius 3 is 2.81 bits per heavy atom. The fourth-order valence-corrected chi connectivity index (χ4v) is 3.33. The third kappa shape index (κ3) is 4.36. The van der Waals surface area contributed by atoms with E-state index in [1.807, 2.05) is 0 Å². The molecule has 3 rings (SSSR count). The molecule has 1 saturated heterocycles. The van der Waals surface area contributed by atoms with Crippen LogP contribution in [0, 0.1) is 5.82 Å². The highest BCUT2D eigenvalue weighted by molar-refractivity contribution is 7.07. The maximum atomic E-state index is 13.0. The minimum absolute atomic E-state index is 0.00240. The summed E-state index contributed by atoms with van der Waals surface area (Å²) in [6.45, 7) is 0.777. The van der Waals surface area contributed by atoms with Crippen LogP contribution in [0.3, 0.4) is 0 Å². The van der Waals surface area contributed by atoms with Crippen molar-refractivity contribution in [3.8, 4) is 5.75 Å². The summed E-state index contributed by atoms with van der Waals surface area (Å²) in [5.74, 6) is -0.735. The van der Waals surface area contributed by atoms with Crippen LogP contribution in [0.1, 0.15) is 16.9 Å². The standard InChI is InChI=1S/C17H18FN3O4S/c18-12-1-3-13(4-2-12)24-10-17(7-15(19)22)9-21(5-6-25-17)16(23)14-8-26-11-20-14/h1-4,8,11H,5-7,9-10H2,(H2,19,22)/t17-/m0/s1. The van der Waals surface area contributed by atoms with E-state index < -0.39 is 11.5 Å². The number of hydrogen-bond acceptors (Lipinski definition) is 6. The molecule has 2 aromatic rings. The number of benzene rings is 1. The van der Waals surface area contributed by atoms with Crippen molar-refractivity contribution >= 4 is 23.2 Å². The fraction of sp³-hybridized carbons (Fsp3) is 0.353. The number of halogens is 1. The number of thiazole rings is 1. The van der Waals surface area contributed by atoms with Gasteiger partial charge in [0.05, 0.1) is 25.1 Å². The second-order valence-corrected chi connectivity index (χ2v) is 6.74. The van der Waals surface area contributed by atoms with Crippen LogP contribution >= 0.6 is 11.3 Å². The Hall–Kier alpha value is -2.52. The quantitative estimate of drug-likeness (QED) is 0.820. The third-order valence-electron chi connectivity index (χ3n) is 4.00. The van der Waals surface area contributed by atoms with Crippen LogP contribution in [-0.2, 0) is 9.53 Å². The number of rotatable bonds is 6. The minimum atomic E-state index is -1.07. The molecule has 2 amide bonds. The number of primary amides is 1. The zero-order valence-electron chi connectivity index (χ0n) is 13.9. The molecule has 1 atom stereocenters. The number of amides is 2. The molecular formula is C17H18FN3O4S. The molecule has 1 aromatic carbocycles. The van der Waals surface area contributed by atoms with Crippen molar-refractivity contribution in [3.05, 3.63) is 46.7 Å². The first-order valence-electron chi connectivity index (χ1n) is 7.96. The topological polar surface area (TPSA) is 94.8 Å². The Morgan fingerprint density at radius 2 is 2.15 bits per heavy atom. The number of carbonyl (C=O) groups excluding carboxylic acids is 2. The highest BCUT2D eigenvalue weighted by Gasteiger charge is 2.41. The molecule has 26 heavy (non-hydrogen) atoms. The molecule has 0 radical (unpaired) electrons. The van der Waals surface area contributed by atoms with Gasteiger partial charge in [-0.15, -0.1) is 11.3 Å². The molecule has 0 saturated carbocycles. The monoisotopic (exact) mass is 379 g/mol. The lowest BCUT2D eigenvalue weighted by Gasteiger charge is -2.41. The van der Waals surface area contributed by atoms with E-state index in [1.165, 1.54) is 35.6 Å². The van der Waals surface area contributed by atoms with Gasteiger partial charge in [0.1, 0.15) is 29.5 Å². The van der Waals surface area contributed by atoms with Crippen molar-refractivity contribution in [2.24, 2.45) is 5.73 Å². The maximum absolute atomic E-state index is 13.0. The van der Waals surface area contributed by atoms with Gasteiger partial charge in [-0.3, -0.25) is 9.59 Å². The van der Waals surface area contributed by atoms with Gasteiger partial charge in [-0.1, -0.05) is 0 Å². The summed E-state index contributed by atoms with van der Waals surface area (Å²) < 4.78 is 24.5. The normalized spacial score (nSPS) is 20.0. The van der Waals surface area contributed by atoms with E-state index in [9.17, 15) is 14.0 Å².